The lowest BCUT2D eigenvalue weighted by Crippen LogP contribution is -2.56. The van der Waals surface area contributed by atoms with Crippen molar-refractivity contribution in [2.24, 2.45) is 0 Å². The molecule has 1 unspecified atom stereocenters. The van der Waals surface area contributed by atoms with E-state index in [0.29, 0.717) is 5.45 Å². The molecule has 0 aliphatic carbocycles. The van der Waals surface area contributed by atoms with Crippen LogP contribution in [0.5, 0.6) is 0 Å². The van der Waals surface area contributed by atoms with Gasteiger partial charge in [0, 0.05) is 26.2 Å². The topological polar surface area (TPSA) is 55.2 Å². The SMILES string of the molecule is CCC(c1ccccc1)c1cn(S(=O)(=O)N(C)C)c([Si](C)(C)C(C)(C)C)n1. The summed E-state index contributed by atoms with van der Waals surface area (Å²) < 4.78 is 28.8. The Morgan fingerprint density at radius 3 is 2.15 bits per heavy atom. The second-order valence-corrected chi connectivity index (χ2v) is 16.0. The average molecular weight is 408 g/mol. The van der Waals surface area contributed by atoms with Crippen LogP contribution >= 0.6 is 0 Å². The second-order valence-electron chi connectivity index (χ2n) is 8.82. The Labute approximate surface area is 165 Å². The maximum Gasteiger partial charge on any atom is 0.308 e. The highest BCUT2D eigenvalue weighted by atomic mass is 32.2. The van der Waals surface area contributed by atoms with E-state index in [1.54, 1.807) is 20.3 Å². The maximum atomic E-state index is 13.1. The Bertz CT molecular complexity index is 882. The quantitative estimate of drug-likeness (QED) is 0.685. The van der Waals surface area contributed by atoms with Gasteiger partial charge in [-0.15, -0.1) is 0 Å². The smallest absolute Gasteiger partial charge is 0.242 e. The standard InChI is InChI=1S/C20H33N3O2SSi/c1-9-17(16-13-11-10-12-14-16)18-15-23(26(24,25)22(5)6)19(21-18)27(7,8)20(2,3)4/h10-15,17H,9H2,1-8H3. The van der Waals surface area contributed by atoms with Gasteiger partial charge in [0.15, 0.2) is 0 Å². The van der Waals surface area contributed by atoms with Crippen molar-refractivity contribution in [1.29, 1.82) is 0 Å². The largest absolute Gasteiger partial charge is 0.308 e. The molecule has 5 nitrogen and oxygen atoms in total. The van der Waals surface area contributed by atoms with E-state index in [-0.39, 0.29) is 11.0 Å². The highest BCUT2D eigenvalue weighted by molar-refractivity contribution is 7.87. The number of nitrogens with zero attached hydrogens (tertiary/aromatic N) is 3. The van der Waals surface area contributed by atoms with Crippen molar-refractivity contribution in [2.45, 2.75) is 58.2 Å². The van der Waals surface area contributed by atoms with E-state index in [1.165, 1.54) is 8.28 Å². The number of imidazole rings is 1. The van der Waals surface area contributed by atoms with E-state index in [4.69, 9.17) is 4.98 Å². The molecule has 7 heteroatoms. The monoisotopic (exact) mass is 407 g/mol. The van der Waals surface area contributed by atoms with Gasteiger partial charge in [-0.05, 0) is 17.0 Å². The third-order valence-electron chi connectivity index (χ3n) is 5.80. The Morgan fingerprint density at radius 2 is 1.70 bits per heavy atom. The first-order valence-electron chi connectivity index (χ1n) is 9.41. The molecule has 27 heavy (non-hydrogen) atoms. The van der Waals surface area contributed by atoms with E-state index in [0.717, 1.165) is 17.7 Å². The molecule has 0 aliphatic heterocycles. The molecule has 0 aliphatic rings. The lowest BCUT2D eigenvalue weighted by molar-refractivity contribution is 0.511. The Kier molecular flexibility index (Phi) is 6.09. The second kappa shape index (κ2) is 7.52. The molecule has 150 valence electrons. The zero-order valence-electron chi connectivity index (χ0n) is 17.8. The van der Waals surface area contributed by atoms with E-state index >= 15 is 0 Å². The predicted octanol–water partition coefficient (Wildman–Crippen LogP) is 3.80. The van der Waals surface area contributed by atoms with Crippen molar-refractivity contribution in [3.8, 4) is 0 Å². The first-order valence-corrected chi connectivity index (χ1v) is 13.8. The molecule has 1 atom stereocenters. The van der Waals surface area contributed by atoms with Gasteiger partial charge in [0.05, 0.1) is 5.69 Å². The van der Waals surface area contributed by atoms with Gasteiger partial charge in [-0.2, -0.15) is 12.7 Å². The molecule has 0 N–H and O–H groups in total. The highest BCUT2D eigenvalue weighted by Crippen LogP contribution is 2.36. The van der Waals surface area contributed by atoms with E-state index in [1.807, 2.05) is 18.2 Å². The number of hydrogen-bond acceptors (Lipinski definition) is 3. The molecular formula is C20H33N3O2SSi. The van der Waals surface area contributed by atoms with E-state index in [2.05, 4.69) is 52.9 Å². The van der Waals surface area contributed by atoms with Crippen molar-refractivity contribution in [3.05, 3.63) is 47.8 Å². The summed E-state index contributed by atoms with van der Waals surface area (Å²) >= 11 is 0. The Hall–Kier alpha value is -1.44. The van der Waals surface area contributed by atoms with E-state index < -0.39 is 18.3 Å². The summed E-state index contributed by atoms with van der Waals surface area (Å²) in [5.74, 6) is 0.0772. The van der Waals surface area contributed by atoms with Crippen molar-refractivity contribution in [2.75, 3.05) is 14.1 Å². The zero-order valence-corrected chi connectivity index (χ0v) is 19.6. The predicted molar refractivity (Wildman–Crippen MR) is 116 cm³/mol. The molecule has 0 saturated heterocycles. The minimum atomic E-state index is -3.63. The van der Waals surface area contributed by atoms with Crippen LogP contribution in [0.1, 0.15) is 51.3 Å². The molecular weight excluding hydrogens is 374 g/mol. The molecule has 0 radical (unpaired) electrons. The van der Waals surface area contributed by atoms with Gasteiger partial charge >= 0.3 is 10.2 Å². The van der Waals surface area contributed by atoms with Crippen molar-refractivity contribution < 1.29 is 8.42 Å². The van der Waals surface area contributed by atoms with Crippen LogP contribution in [-0.4, -0.2) is 43.8 Å². The lowest BCUT2D eigenvalue weighted by Gasteiger charge is -2.36. The van der Waals surface area contributed by atoms with Gasteiger partial charge < -0.3 is 0 Å². The van der Waals surface area contributed by atoms with Crippen molar-refractivity contribution >= 4 is 23.7 Å². The van der Waals surface area contributed by atoms with Gasteiger partial charge in [0.25, 0.3) is 0 Å². The summed E-state index contributed by atoms with van der Waals surface area (Å²) in [6.07, 6.45) is 2.60. The molecule has 2 aromatic rings. The van der Waals surface area contributed by atoms with Crippen LogP contribution < -0.4 is 5.45 Å². The lowest BCUT2D eigenvalue weighted by atomic mass is 9.94. The van der Waals surface area contributed by atoms with Crippen LogP contribution in [-0.2, 0) is 10.2 Å². The molecule has 0 fully saturated rings. The minimum Gasteiger partial charge on any atom is -0.242 e. The fraction of sp³-hybridized carbons (Fsp3) is 0.550. The van der Waals surface area contributed by atoms with Gasteiger partial charge in [0.2, 0.25) is 0 Å². The Balaban J connectivity index is 2.74. The first kappa shape index (κ1) is 21.9. The summed E-state index contributed by atoms with van der Waals surface area (Å²) in [5.41, 5.74) is 2.70. The van der Waals surface area contributed by atoms with Crippen LogP contribution in [0.3, 0.4) is 0 Å². The summed E-state index contributed by atoms with van der Waals surface area (Å²) in [4.78, 5) is 4.96. The van der Waals surface area contributed by atoms with Crippen LogP contribution in [0.2, 0.25) is 18.1 Å². The molecule has 0 amide bonds. The molecule has 0 spiro atoms. The molecule has 0 saturated carbocycles. The number of hydrogen-bond donors (Lipinski definition) is 0. The molecule has 1 aromatic heterocycles. The van der Waals surface area contributed by atoms with Crippen molar-refractivity contribution in [1.82, 2.24) is 13.3 Å². The third-order valence-corrected chi connectivity index (χ3v) is 12.9. The fourth-order valence-electron chi connectivity index (χ4n) is 2.95. The number of benzene rings is 1. The van der Waals surface area contributed by atoms with Crippen LogP contribution in [0.25, 0.3) is 0 Å². The highest BCUT2D eigenvalue weighted by Gasteiger charge is 2.43. The van der Waals surface area contributed by atoms with Gasteiger partial charge in [-0.25, -0.2) is 8.96 Å². The average Bonchev–Trinajstić information content (AvgIpc) is 3.02. The van der Waals surface area contributed by atoms with Gasteiger partial charge in [-0.3, -0.25) is 0 Å². The number of aromatic nitrogens is 2. The number of rotatable bonds is 6. The molecule has 1 aromatic carbocycles. The fourth-order valence-corrected chi connectivity index (χ4v) is 6.53. The summed E-state index contributed by atoms with van der Waals surface area (Å²) in [6.45, 7) is 13.0. The molecule has 0 bridgehead atoms. The normalized spacial score (nSPS) is 14.6. The Morgan fingerprint density at radius 1 is 1.15 bits per heavy atom. The summed E-state index contributed by atoms with van der Waals surface area (Å²) in [7, 11) is -2.67. The summed E-state index contributed by atoms with van der Waals surface area (Å²) in [6, 6.07) is 10.2. The third kappa shape index (κ3) is 4.05. The van der Waals surface area contributed by atoms with E-state index in [9.17, 15) is 8.42 Å². The van der Waals surface area contributed by atoms with Crippen LogP contribution in [0.4, 0.5) is 0 Å². The molecule has 2 rings (SSSR count). The van der Waals surface area contributed by atoms with Gasteiger partial charge in [-0.1, -0.05) is 71.1 Å². The first-order chi connectivity index (χ1) is 12.3. The van der Waals surface area contributed by atoms with Crippen LogP contribution in [0, 0.1) is 0 Å². The zero-order chi connectivity index (χ0) is 20.6. The van der Waals surface area contributed by atoms with Crippen LogP contribution in [0.15, 0.2) is 36.5 Å². The van der Waals surface area contributed by atoms with Gasteiger partial charge in [0.1, 0.15) is 13.5 Å². The molecule has 1 heterocycles. The minimum absolute atomic E-state index is 0.0241. The van der Waals surface area contributed by atoms with Crippen molar-refractivity contribution in [3.63, 3.8) is 0 Å². The maximum absolute atomic E-state index is 13.1. The summed E-state index contributed by atoms with van der Waals surface area (Å²) in [5, 5.41) is -0.0241.